The van der Waals surface area contributed by atoms with Gasteiger partial charge in [0.15, 0.2) is 0 Å². The summed E-state index contributed by atoms with van der Waals surface area (Å²) in [5.41, 5.74) is 11.5. The largest absolute Gasteiger partial charge is 0.424 e. The number of aryl methyl sites for hydroxylation is 3. The fraction of sp³-hybridized carbons (Fsp3) is 0.0938. The molecular formula is C32H24BNO2. The monoisotopic (exact) mass is 465 g/mol. The van der Waals surface area contributed by atoms with Gasteiger partial charge >= 0.3 is 6.09 Å². The summed E-state index contributed by atoms with van der Waals surface area (Å²) in [7, 11) is 0. The third-order valence-electron chi connectivity index (χ3n) is 7.64. The van der Waals surface area contributed by atoms with Crippen LogP contribution in [-0.4, -0.2) is 12.8 Å². The van der Waals surface area contributed by atoms with Gasteiger partial charge in [-0.25, -0.2) is 9.69 Å². The van der Waals surface area contributed by atoms with E-state index < -0.39 is 0 Å². The van der Waals surface area contributed by atoms with Crippen molar-refractivity contribution in [3.05, 3.63) is 108 Å². The topological polar surface area (TPSA) is 29.5 Å². The molecular weight excluding hydrogens is 441 g/mol. The lowest BCUT2D eigenvalue weighted by molar-refractivity contribution is 0.210. The van der Waals surface area contributed by atoms with E-state index in [0.717, 1.165) is 44.2 Å². The third-order valence-corrected chi connectivity index (χ3v) is 7.64. The number of anilines is 2. The predicted octanol–water partition coefficient (Wildman–Crippen LogP) is 5.91. The van der Waals surface area contributed by atoms with E-state index in [1.807, 2.05) is 18.2 Å². The van der Waals surface area contributed by atoms with Crippen LogP contribution in [-0.2, 0) is 0 Å². The van der Waals surface area contributed by atoms with Gasteiger partial charge in [-0.15, -0.1) is 0 Å². The minimum absolute atomic E-state index is 0.00105. The first kappa shape index (κ1) is 21.0. The highest BCUT2D eigenvalue weighted by atomic mass is 16.6. The number of fused-ring (bicyclic) bond motifs is 2. The van der Waals surface area contributed by atoms with Crippen LogP contribution in [0.1, 0.15) is 16.7 Å². The molecule has 4 heteroatoms. The zero-order chi connectivity index (χ0) is 24.6. The summed E-state index contributed by atoms with van der Waals surface area (Å²) < 4.78 is 5.86. The van der Waals surface area contributed by atoms with E-state index in [4.69, 9.17) is 4.74 Å². The number of hydrogen-bond donors (Lipinski definition) is 0. The molecule has 7 rings (SSSR count). The highest BCUT2D eigenvalue weighted by Crippen LogP contribution is 2.43. The number of hydrogen-bond acceptors (Lipinski definition) is 2. The van der Waals surface area contributed by atoms with Gasteiger partial charge in [-0.3, -0.25) is 0 Å². The van der Waals surface area contributed by atoms with Crippen LogP contribution in [0.15, 0.2) is 91.0 Å². The molecule has 0 atom stereocenters. The maximum atomic E-state index is 13.5. The van der Waals surface area contributed by atoms with Crippen molar-refractivity contribution in [3.63, 3.8) is 0 Å². The number of amides is 1. The molecule has 0 radical (unpaired) electrons. The van der Waals surface area contributed by atoms with Crippen molar-refractivity contribution in [1.29, 1.82) is 0 Å². The summed E-state index contributed by atoms with van der Waals surface area (Å²) in [5, 5.41) is 2.07. The maximum absolute atomic E-state index is 13.5. The van der Waals surface area contributed by atoms with Crippen molar-refractivity contribution in [3.8, 4) is 16.9 Å². The Morgan fingerprint density at radius 1 is 0.722 bits per heavy atom. The van der Waals surface area contributed by atoms with Gasteiger partial charge in [0.1, 0.15) is 5.75 Å². The van der Waals surface area contributed by atoms with Crippen LogP contribution in [0, 0.1) is 20.8 Å². The molecule has 36 heavy (non-hydrogen) atoms. The summed E-state index contributed by atoms with van der Waals surface area (Å²) >= 11 is 0. The molecule has 0 saturated heterocycles. The highest BCUT2D eigenvalue weighted by molar-refractivity contribution is 6.99. The summed E-state index contributed by atoms with van der Waals surface area (Å²) in [4.78, 5) is 15.2. The van der Waals surface area contributed by atoms with Crippen molar-refractivity contribution in [1.82, 2.24) is 0 Å². The molecule has 0 saturated carbocycles. The Bertz CT molecular complexity index is 1700. The number of rotatable bonds is 2. The van der Waals surface area contributed by atoms with Crippen molar-refractivity contribution in [2.24, 2.45) is 0 Å². The highest BCUT2D eigenvalue weighted by Gasteiger charge is 2.42. The number of benzene rings is 5. The molecule has 5 aromatic rings. The molecule has 2 heterocycles. The van der Waals surface area contributed by atoms with Gasteiger partial charge in [-0.2, -0.15) is 0 Å². The zero-order valence-corrected chi connectivity index (χ0v) is 20.5. The normalized spacial score (nSPS) is 13.6. The summed E-state index contributed by atoms with van der Waals surface area (Å²) in [6.45, 7) is 6.55. The molecule has 0 spiro atoms. The molecule has 1 amide bonds. The summed E-state index contributed by atoms with van der Waals surface area (Å²) in [6.07, 6.45) is -0.355. The maximum Gasteiger partial charge on any atom is 0.424 e. The minimum Gasteiger partial charge on any atom is -0.409 e. The Balaban J connectivity index is 1.60. The first-order valence-electron chi connectivity index (χ1n) is 12.4. The van der Waals surface area contributed by atoms with Crippen molar-refractivity contribution in [2.45, 2.75) is 20.8 Å². The molecule has 0 N–H and O–H groups in total. The predicted molar refractivity (Wildman–Crippen MR) is 149 cm³/mol. The van der Waals surface area contributed by atoms with Crippen molar-refractivity contribution >= 4 is 51.3 Å². The van der Waals surface area contributed by atoms with Gasteiger partial charge in [0, 0.05) is 11.1 Å². The standard InChI is InChI=1S/C32H24BNO2/c1-19-16-20(2)30(21(3)17-19)33-25-14-12-23-10-7-11-28-29(23)31(25)34(32(35)36-28)27-15-13-24(18-26(27)33)22-8-5-4-6-9-22/h4-18H,1-3H3. The van der Waals surface area contributed by atoms with Gasteiger partial charge in [0.05, 0.1) is 5.69 Å². The molecule has 3 nitrogen and oxygen atoms in total. The van der Waals surface area contributed by atoms with Crippen LogP contribution in [0.3, 0.4) is 0 Å². The van der Waals surface area contributed by atoms with Crippen LogP contribution < -0.4 is 26.0 Å². The first-order valence-corrected chi connectivity index (χ1v) is 12.4. The SMILES string of the molecule is Cc1cc(C)c(B2c3cc(-c4ccccc4)ccc3N3C(=O)Oc4cccc5ccc2c3c45)c(C)c1. The average Bonchev–Trinajstić information content (AvgIpc) is 2.87. The van der Waals surface area contributed by atoms with Crippen LogP contribution >= 0.6 is 0 Å². The van der Waals surface area contributed by atoms with E-state index in [9.17, 15) is 4.79 Å². The van der Waals surface area contributed by atoms with Gasteiger partial charge < -0.3 is 4.74 Å². The van der Waals surface area contributed by atoms with Crippen molar-refractivity contribution < 1.29 is 9.53 Å². The lowest BCUT2D eigenvalue weighted by Gasteiger charge is -2.39. The van der Waals surface area contributed by atoms with Crippen molar-refractivity contribution in [2.75, 3.05) is 4.90 Å². The number of carbonyl (C=O) groups excluding carboxylic acids is 1. The van der Waals surface area contributed by atoms with E-state index >= 15 is 0 Å². The lowest BCUT2D eigenvalue weighted by atomic mass is 9.33. The average molecular weight is 465 g/mol. The minimum atomic E-state index is -0.355. The molecule has 2 aliphatic heterocycles. The van der Waals surface area contributed by atoms with Crippen LogP contribution in [0.4, 0.5) is 16.2 Å². The molecule has 0 fully saturated rings. The molecule has 0 aromatic heterocycles. The van der Waals surface area contributed by atoms with E-state index in [2.05, 4.69) is 93.6 Å². The molecule has 0 aliphatic carbocycles. The second-order valence-corrected chi connectivity index (χ2v) is 9.95. The Morgan fingerprint density at radius 3 is 2.28 bits per heavy atom. The zero-order valence-electron chi connectivity index (χ0n) is 20.5. The number of ether oxygens (including phenoxy) is 1. The van der Waals surface area contributed by atoms with E-state index in [1.54, 1.807) is 4.90 Å². The van der Waals surface area contributed by atoms with E-state index in [0.29, 0.717) is 5.75 Å². The molecule has 2 aliphatic rings. The quantitative estimate of drug-likeness (QED) is 0.303. The number of carbonyl (C=O) groups is 1. The fourth-order valence-electron chi connectivity index (χ4n) is 6.28. The Hall–Kier alpha value is -4.31. The number of nitrogens with zero attached hydrogens (tertiary/aromatic N) is 1. The van der Waals surface area contributed by atoms with Gasteiger partial charge in [-0.05, 0) is 60.3 Å². The Morgan fingerprint density at radius 2 is 1.50 bits per heavy atom. The fourth-order valence-corrected chi connectivity index (χ4v) is 6.28. The van der Waals surface area contributed by atoms with Crippen LogP contribution in [0.25, 0.3) is 21.9 Å². The Kier molecular flexibility index (Phi) is 4.43. The molecule has 0 bridgehead atoms. The third kappa shape index (κ3) is 2.91. The molecule has 0 unspecified atom stereocenters. The second-order valence-electron chi connectivity index (χ2n) is 9.95. The van der Waals surface area contributed by atoms with Crippen LogP contribution in [0.5, 0.6) is 5.75 Å². The van der Waals surface area contributed by atoms with Crippen LogP contribution in [0.2, 0.25) is 0 Å². The summed E-state index contributed by atoms with van der Waals surface area (Å²) in [6, 6.07) is 31.7. The van der Waals surface area contributed by atoms with E-state index in [-0.39, 0.29) is 12.8 Å². The van der Waals surface area contributed by atoms with Gasteiger partial charge in [0.25, 0.3) is 0 Å². The van der Waals surface area contributed by atoms with Gasteiger partial charge in [-0.1, -0.05) is 101 Å². The molecule has 172 valence electrons. The smallest absolute Gasteiger partial charge is 0.409 e. The van der Waals surface area contributed by atoms with E-state index in [1.165, 1.54) is 22.2 Å². The second kappa shape index (κ2) is 7.60. The molecule has 5 aromatic carbocycles. The van der Waals surface area contributed by atoms with Gasteiger partial charge in [0.2, 0.25) is 6.71 Å². The lowest BCUT2D eigenvalue weighted by Crippen LogP contribution is -2.60. The summed E-state index contributed by atoms with van der Waals surface area (Å²) in [5.74, 6) is 0.631. The Labute approximate surface area is 211 Å². The first-order chi connectivity index (χ1) is 17.5.